The molecule has 1 aromatic heterocycles. The minimum absolute atomic E-state index is 0.0183. The summed E-state index contributed by atoms with van der Waals surface area (Å²) in [7, 11) is 0. The first-order chi connectivity index (χ1) is 37.1. The predicted molar refractivity (Wildman–Crippen MR) is 282 cm³/mol. The molecular formula is C56H48ClN3O15S2. The molecule has 0 aliphatic carbocycles. The molecule has 0 radical (unpaired) electrons. The number of nitrogens with one attached hydrogen (secondary N) is 2. The third kappa shape index (κ3) is 10.7. The zero-order chi connectivity index (χ0) is 54.1. The minimum atomic E-state index is -1.47. The zero-order valence-corrected chi connectivity index (χ0v) is 43.9. The highest BCUT2D eigenvalue weighted by molar-refractivity contribution is 8.00. The van der Waals surface area contributed by atoms with Gasteiger partial charge in [0.15, 0.2) is 11.4 Å². The fraction of sp³-hybridized carbons (Fsp3) is 0.286. The average Bonchev–Trinajstić information content (AvgIpc) is 3.78. The van der Waals surface area contributed by atoms with Crippen LogP contribution in [0.15, 0.2) is 117 Å². The smallest absolute Gasteiger partial charge is 0.349 e. The number of nitrogens with zero attached hydrogens (tertiary/aromatic N) is 1. The van der Waals surface area contributed by atoms with Crippen LogP contribution in [0, 0.1) is 5.92 Å². The third-order valence-corrected chi connectivity index (χ3v) is 16.3. The summed E-state index contributed by atoms with van der Waals surface area (Å²) < 4.78 is 40.0. The van der Waals surface area contributed by atoms with E-state index in [-0.39, 0.29) is 85.8 Å². The molecule has 5 aromatic carbocycles. The van der Waals surface area contributed by atoms with Crippen molar-refractivity contribution in [1.29, 1.82) is 0 Å². The highest BCUT2D eigenvalue weighted by atomic mass is 35.5. The van der Waals surface area contributed by atoms with E-state index >= 15 is 0 Å². The SMILES string of the molecule is CCCCCOC(=O)C1C(CSc2ccc3c(c2)C(=O)OC32c3ccc(OC(C)=O)cc3Oc3cc(OC(C)=O)ccc32)CSC2C(NC(=O)CNC(=O)c3cc4cc(Cl)c(OC(=O)c5ccccc5)cc4oc3=O)CN21. The molecule has 6 aromatic rings. The van der Waals surface area contributed by atoms with E-state index in [2.05, 4.69) is 17.6 Å². The van der Waals surface area contributed by atoms with Crippen LogP contribution in [-0.4, -0.2) is 95.2 Å². The average molecular weight is 1100 g/mol. The lowest BCUT2D eigenvalue weighted by molar-refractivity contribution is -0.156. The summed E-state index contributed by atoms with van der Waals surface area (Å²) in [6.07, 6.45) is 2.56. The lowest BCUT2D eigenvalue weighted by Gasteiger charge is -2.55. The molecular weight excluding hydrogens is 1050 g/mol. The Labute approximate surface area is 453 Å². The normalized spacial score (nSPS) is 18.5. The number of carbonyl (C=O) groups is 7. The van der Waals surface area contributed by atoms with E-state index in [9.17, 15) is 38.4 Å². The Bertz CT molecular complexity index is 3400. The lowest BCUT2D eigenvalue weighted by Crippen LogP contribution is -2.73. The second-order valence-electron chi connectivity index (χ2n) is 18.6. The summed E-state index contributed by atoms with van der Waals surface area (Å²) in [5.74, 6) is -2.34. The van der Waals surface area contributed by atoms with Gasteiger partial charge in [0.1, 0.15) is 40.2 Å². The molecule has 77 heavy (non-hydrogen) atoms. The van der Waals surface area contributed by atoms with Crippen molar-refractivity contribution >= 4 is 87.8 Å². The van der Waals surface area contributed by atoms with Crippen LogP contribution in [0.25, 0.3) is 11.0 Å². The number of unbranched alkanes of at least 4 members (excludes halogenated alkanes) is 2. The van der Waals surface area contributed by atoms with E-state index < -0.39 is 59.5 Å². The molecule has 5 heterocycles. The highest BCUT2D eigenvalue weighted by Crippen LogP contribution is 2.57. The molecule has 4 unspecified atom stereocenters. The molecule has 0 saturated carbocycles. The number of fused-ring (bicyclic) bond motifs is 8. The van der Waals surface area contributed by atoms with Gasteiger partial charge >= 0.3 is 35.5 Å². The molecule has 4 aliphatic heterocycles. The first-order valence-electron chi connectivity index (χ1n) is 24.6. The molecule has 10 rings (SSSR count). The van der Waals surface area contributed by atoms with Crippen LogP contribution in [0.1, 0.15) is 87.8 Å². The Hall–Kier alpha value is -7.65. The number of ether oxygens (including phenoxy) is 6. The van der Waals surface area contributed by atoms with E-state index in [0.717, 1.165) is 17.7 Å². The van der Waals surface area contributed by atoms with Gasteiger partial charge in [0, 0.05) is 83.0 Å². The molecule has 4 aliphatic rings. The number of thioether (sulfide) groups is 2. The molecule has 2 N–H and O–H groups in total. The lowest BCUT2D eigenvalue weighted by atomic mass is 9.77. The highest BCUT2D eigenvalue weighted by Gasteiger charge is 2.55. The van der Waals surface area contributed by atoms with Gasteiger partial charge in [0.05, 0.1) is 40.7 Å². The number of carbonyl (C=O) groups excluding carboxylic acids is 7. The molecule has 1 spiro atoms. The zero-order valence-electron chi connectivity index (χ0n) is 41.5. The van der Waals surface area contributed by atoms with Gasteiger partial charge in [-0.3, -0.25) is 28.9 Å². The van der Waals surface area contributed by atoms with E-state index in [1.807, 2.05) is 17.0 Å². The number of amides is 2. The fourth-order valence-corrected chi connectivity index (χ4v) is 12.8. The molecule has 2 fully saturated rings. The Morgan fingerprint density at radius 2 is 1.53 bits per heavy atom. The van der Waals surface area contributed by atoms with Crippen molar-refractivity contribution in [2.75, 3.05) is 31.2 Å². The number of hydrogen-bond donors (Lipinski definition) is 2. The Morgan fingerprint density at radius 1 is 0.831 bits per heavy atom. The monoisotopic (exact) mass is 1100 g/mol. The fourth-order valence-electron chi connectivity index (χ4n) is 9.80. The first-order valence-corrected chi connectivity index (χ1v) is 27.0. The maximum Gasteiger partial charge on any atom is 0.349 e. The van der Waals surface area contributed by atoms with E-state index in [1.54, 1.807) is 72.4 Å². The summed E-state index contributed by atoms with van der Waals surface area (Å²) in [6.45, 7) is 4.75. The topological polar surface area (TPSA) is 232 Å². The summed E-state index contributed by atoms with van der Waals surface area (Å²) >= 11 is 9.48. The van der Waals surface area contributed by atoms with Crippen molar-refractivity contribution in [2.45, 2.75) is 68.0 Å². The number of benzene rings is 5. The van der Waals surface area contributed by atoms with Crippen LogP contribution in [0.2, 0.25) is 5.02 Å². The molecule has 4 atom stereocenters. The van der Waals surface area contributed by atoms with Crippen molar-refractivity contribution < 1.29 is 66.4 Å². The third-order valence-electron chi connectivity index (χ3n) is 13.3. The summed E-state index contributed by atoms with van der Waals surface area (Å²) in [5, 5.41) is 5.48. The summed E-state index contributed by atoms with van der Waals surface area (Å²) in [4.78, 5) is 107. The van der Waals surface area contributed by atoms with Gasteiger partial charge in [-0.2, -0.15) is 0 Å². The van der Waals surface area contributed by atoms with Gasteiger partial charge in [0.2, 0.25) is 5.91 Å². The number of halogens is 1. The predicted octanol–water partition coefficient (Wildman–Crippen LogP) is 8.20. The Morgan fingerprint density at radius 3 is 2.22 bits per heavy atom. The Kier molecular flexibility index (Phi) is 15.2. The quantitative estimate of drug-likeness (QED) is 0.0306. The van der Waals surface area contributed by atoms with E-state index in [1.165, 1.54) is 55.9 Å². The van der Waals surface area contributed by atoms with Crippen LogP contribution >= 0.6 is 35.1 Å². The van der Waals surface area contributed by atoms with Crippen molar-refractivity contribution in [1.82, 2.24) is 15.5 Å². The molecule has 18 nitrogen and oxygen atoms in total. The van der Waals surface area contributed by atoms with Crippen LogP contribution in [0.5, 0.6) is 28.7 Å². The largest absolute Gasteiger partial charge is 0.465 e. The van der Waals surface area contributed by atoms with Crippen LogP contribution in [-0.2, 0) is 34.3 Å². The summed E-state index contributed by atoms with van der Waals surface area (Å²) in [5.41, 5.74) is -0.695. The standard InChI is InChI=1S/C56H48ClN3O15S2/c1-4-5-9-18-69-55(68)49-33(27-76-36-14-17-39-37(23-36)54(67)75-56(39)40-15-12-34(70-29(2)61)21-45(40)72-46-22-35(71-30(3)62)13-16-41(46)56)28-77-51-43(26-60(49)51)59-48(63)25-58-50(64)38-19-32-20-42(57)47(24-44(32)73-53(38)66)74-52(65)31-10-7-6-8-11-31/h6-8,10-17,19-24,33,43,49,51H,4-5,9,18,25-28H2,1-3H3,(H,58,64)(H,59,63). The van der Waals surface area contributed by atoms with Gasteiger partial charge in [-0.05, 0) is 67.1 Å². The van der Waals surface area contributed by atoms with Crippen molar-refractivity contribution in [3.63, 3.8) is 0 Å². The van der Waals surface area contributed by atoms with Gasteiger partial charge < -0.3 is 43.5 Å². The molecule has 0 bridgehead atoms. The molecule has 396 valence electrons. The molecule has 2 amide bonds. The van der Waals surface area contributed by atoms with Gasteiger partial charge in [0.25, 0.3) is 5.91 Å². The second-order valence-corrected chi connectivity index (χ2v) is 21.2. The number of hydrogen-bond acceptors (Lipinski definition) is 18. The minimum Gasteiger partial charge on any atom is -0.465 e. The van der Waals surface area contributed by atoms with Crippen molar-refractivity contribution in [3.05, 3.63) is 152 Å². The molecule has 2 saturated heterocycles. The first kappa shape index (κ1) is 52.8. The maximum atomic E-state index is 14.0. The number of rotatable bonds is 16. The van der Waals surface area contributed by atoms with Crippen molar-refractivity contribution in [3.8, 4) is 28.7 Å². The Balaban J connectivity index is 0.803. The van der Waals surface area contributed by atoms with Gasteiger partial charge in [-0.25, -0.2) is 14.4 Å². The number of esters is 5. The molecule has 21 heteroatoms. The summed E-state index contributed by atoms with van der Waals surface area (Å²) in [6, 6.07) is 26.3. The van der Waals surface area contributed by atoms with E-state index in [4.69, 9.17) is 44.4 Å². The van der Waals surface area contributed by atoms with Crippen LogP contribution in [0.3, 0.4) is 0 Å². The van der Waals surface area contributed by atoms with Crippen molar-refractivity contribution in [2.24, 2.45) is 5.92 Å². The maximum absolute atomic E-state index is 14.0. The van der Waals surface area contributed by atoms with Gasteiger partial charge in [-0.15, -0.1) is 23.5 Å². The van der Waals surface area contributed by atoms with Crippen LogP contribution < -0.4 is 35.2 Å². The second kappa shape index (κ2) is 22.1. The van der Waals surface area contributed by atoms with E-state index in [0.29, 0.717) is 46.7 Å². The van der Waals surface area contributed by atoms with Gasteiger partial charge in [-0.1, -0.05) is 55.6 Å². The van der Waals surface area contributed by atoms with Crippen LogP contribution in [0.4, 0.5) is 0 Å².